The van der Waals surface area contributed by atoms with Gasteiger partial charge in [-0.1, -0.05) is 6.07 Å². The molecule has 3 rings (SSSR count). The lowest BCUT2D eigenvalue weighted by Gasteiger charge is -2.34. The van der Waals surface area contributed by atoms with Crippen LogP contribution in [0.5, 0.6) is 0 Å². The lowest BCUT2D eigenvalue weighted by Crippen LogP contribution is -2.46. The van der Waals surface area contributed by atoms with Crippen molar-refractivity contribution < 1.29 is 4.74 Å². The Morgan fingerprint density at radius 3 is 2.89 bits per heavy atom. The Labute approximate surface area is 122 Å². The molecule has 1 N–H and O–H groups in total. The molecule has 0 amide bonds. The van der Waals surface area contributed by atoms with Crippen molar-refractivity contribution in [1.82, 2.24) is 5.32 Å². The van der Waals surface area contributed by atoms with E-state index in [4.69, 9.17) is 4.74 Å². The predicted molar refractivity (Wildman–Crippen MR) is 82.9 cm³/mol. The Balaban J connectivity index is 1.61. The minimum atomic E-state index is 0.241. The van der Waals surface area contributed by atoms with Crippen LogP contribution in [-0.4, -0.2) is 18.8 Å². The second-order valence-corrected chi connectivity index (χ2v) is 7.25. The fourth-order valence-corrected chi connectivity index (χ4v) is 3.96. The molecule has 0 aromatic carbocycles. The molecule has 0 bridgehead atoms. The Bertz CT molecular complexity index is 512. The van der Waals surface area contributed by atoms with Crippen molar-refractivity contribution in [2.75, 3.05) is 13.2 Å². The molecule has 0 saturated carbocycles. The molecule has 0 atom stereocenters. The van der Waals surface area contributed by atoms with Gasteiger partial charge in [-0.2, -0.15) is 0 Å². The first kappa shape index (κ1) is 13.3. The van der Waals surface area contributed by atoms with Gasteiger partial charge in [0.05, 0.1) is 0 Å². The van der Waals surface area contributed by atoms with Crippen LogP contribution in [0.15, 0.2) is 29.0 Å². The molecule has 1 aliphatic heterocycles. The molecule has 1 aliphatic rings. The van der Waals surface area contributed by atoms with Crippen LogP contribution in [0.25, 0.3) is 10.4 Å². The molecule has 1 saturated heterocycles. The van der Waals surface area contributed by atoms with E-state index in [1.54, 1.807) is 11.3 Å². The molecule has 19 heavy (non-hydrogen) atoms. The van der Waals surface area contributed by atoms with Gasteiger partial charge in [0.2, 0.25) is 0 Å². The quantitative estimate of drug-likeness (QED) is 0.915. The maximum absolute atomic E-state index is 5.43. The van der Waals surface area contributed by atoms with Gasteiger partial charge in [-0.15, -0.1) is 22.7 Å². The minimum Gasteiger partial charge on any atom is -0.381 e. The average Bonchev–Trinajstić information content (AvgIpc) is 3.08. The zero-order chi connectivity index (χ0) is 13.1. The maximum atomic E-state index is 5.43. The van der Waals surface area contributed by atoms with Crippen LogP contribution in [0.1, 0.15) is 24.6 Å². The van der Waals surface area contributed by atoms with E-state index in [0.717, 1.165) is 32.6 Å². The highest BCUT2D eigenvalue weighted by Crippen LogP contribution is 2.29. The number of ether oxygens (including phenoxy) is 1. The fourth-order valence-electron chi connectivity index (χ4n) is 2.34. The van der Waals surface area contributed by atoms with E-state index in [9.17, 15) is 0 Å². The number of thiophene rings is 2. The van der Waals surface area contributed by atoms with Crippen molar-refractivity contribution in [3.05, 3.63) is 33.8 Å². The molecule has 0 spiro atoms. The molecular weight excluding hydrogens is 274 g/mol. The van der Waals surface area contributed by atoms with Gasteiger partial charge >= 0.3 is 0 Å². The summed E-state index contributed by atoms with van der Waals surface area (Å²) in [6, 6.07) is 6.61. The van der Waals surface area contributed by atoms with Crippen molar-refractivity contribution in [3.8, 4) is 10.4 Å². The number of hydrogen-bond donors (Lipinski definition) is 1. The Morgan fingerprint density at radius 1 is 1.32 bits per heavy atom. The van der Waals surface area contributed by atoms with Gasteiger partial charge in [-0.25, -0.2) is 0 Å². The van der Waals surface area contributed by atoms with E-state index in [2.05, 4.69) is 41.2 Å². The van der Waals surface area contributed by atoms with Gasteiger partial charge in [0.15, 0.2) is 0 Å². The Kier molecular flexibility index (Phi) is 4.03. The second kappa shape index (κ2) is 5.75. The highest BCUT2D eigenvalue weighted by molar-refractivity contribution is 7.14. The summed E-state index contributed by atoms with van der Waals surface area (Å²) in [6.45, 7) is 5.04. The van der Waals surface area contributed by atoms with Gasteiger partial charge in [0.1, 0.15) is 0 Å². The van der Waals surface area contributed by atoms with E-state index in [-0.39, 0.29) is 5.54 Å². The van der Waals surface area contributed by atoms with Crippen LogP contribution in [0, 0.1) is 0 Å². The average molecular weight is 293 g/mol. The van der Waals surface area contributed by atoms with Crippen molar-refractivity contribution >= 4 is 22.7 Å². The molecule has 1 fully saturated rings. The lowest BCUT2D eigenvalue weighted by atomic mass is 9.92. The highest BCUT2D eigenvalue weighted by atomic mass is 32.1. The van der Waals surface area contributed by atoms with Crippen molar-refractivity contribution in [2.24, 2.45) is 0 Å². The fraction of sp³-hybridized carbons (Fsp3) is 0.467. The summed E-state index contributed by atoms with van der Waals surface area (Å²) in [7, 11) is 0. The summed E-state index contributed by atoms with van der Waals surface area (Å²) in [4.78, 5) is 2.77. The third-order valence-electron chi connectivity index (χ3n) is 3.75. The number of hydrogen-bond acceptors (Lipinski definition) is 4. The van der Waals surface area contributed by atoms with Crippen LogP contribution < -0.4 is 5.32 Å². The third kappa shape index (κ3) is 3.26. The standard InChI is InChI=1S/C15H19NOS2/c1-15(4-6-17-7-5-15)16-10-13-9-12(11-19-13)14-3-2-8-18-14/h2-3,8-9,11,16H,4-7,10H2,1H3. The van der Waals surface area contributed by atoms with E-state index < -0.39 is 0 Å². The smallest absolute Gasteiger partial charge is 0.0483 e. The molecule has 102 valence electrons. The zero-order valence-corrected chi connectivity index (χ0v) is 12.8. The highest BCUT2D eigenvalue weighted by Gasteiger charge is 2.26. The predicted octanol–water partition coefficient (Wildman–Crippen LogP) is 4.14. The normalized spacial score (nSPS) is 18.6. The zero-order valence-electron chi connectivity index (χ0n) is 11.1. The van der Waals surface area contributed by atoms with Gasteiger partial charge in [0.25, 0.3) is 0 Å². The summed E-state index contributed by atoms with van der Waals surface area (Å²) in [5, 5.41) is 8.10. The van der Waals surface area contributed by atoms with Crippen LogP contribution >= 0.6 is 22.7 Å². The van der Waals surface area contributed by atoms with E-state index in [0.29, 0.717) is 0 Å². The van der Waals surface area contributed by atoms with Gasteiger partial charge in [-0.05, 0) is 42.7 Å². The number of rotatable bonds is 4. The Morgan fingerprint density at radius 2 is 2.16 bits per heavy atom. The molecule has 2 aromatic heterocycles. The molecule has 4 heteroatoms. The van der Waals surface area contributed by atoms with Gasteiger partial charge < -0.3 is 10.1 Å². The molecule has 2 nitrogen and oxygen atoms in total. The molecule has 2 aromatic rings. The summed E-state index contributed by atoms with van der Waals surface area (Å²) >= 11 is 3.65. The van der Waals surface area contributed by atoms with Gasteiger partial charge in [-0.3, -0.25) is 0 Å². The maximum Gasteiger partial charge on any atom is 0.0483 e. The second-order valence-electron chi connectivity index (χ2n) is 5.31. The molecule has 3 heterocycles. The summed E-state index contributed by atoms with van der Waals surface area (Å²) < 4.78 is 5.43. The van der Waals surface area contributed by atoms with Gasteiger partial charge in [0, 0.05) is 40.6 Å². The molecule has 0 aliphatic carbocycles. The van der Waals surface area contributed by atoms with Crippen molar-refractivity contribution in [3.63, 3.8) is 0 Å². The topological polar surface area (TPSA) is 21.3 Å². The molecular formula is C15H19NOS2. The van der Waals surface area contributed by atoms with Crippen molar-refractivity contribution in [2.45, 2.75) is 31.8 Å². The van der Waals surface area contributed by atoms with Crippen molar-refractivity contribution in [1.29, 1.82) is 0 Å². The van der Waals surface area contributed by atoms with Crippen LogP contribution in [-0.2, 0) is 11.3 Å². The SMILES string of the molecule is CC1(NCc2cc(-c3cccs3)cs2)CCOCC1. The largest absolute Gasteiger partial charge is 0.381 e. The van der Waals surface area contributed by atoms with Crippen LogP contribution in [0.3, 0.4) is 0 Å². The lowest BCUT2D eigenvalue weighted by molar-refractivity contribution is 0.0447. The summed E-state index contributed by atoms with van der Waals surface area (Å²) in [6.07, 6.45) is 2.21. The minimum absolute atomic E-state index is 0.241. The number of nitrogens with one attached hydrogen (secondary N) is 1. The van der Waals surface area contributed by atoms with E-state index in [1.807, 2.05) is 11.3 Å². The Hall–Kier alpha value is -0.680. The first-order chi connectivity index (χ1) is 9.25. The summed E-state index contributed by atoms with van der Waals surface area (Å²) in [5.74, 6) is 0. The van der Waals surface area contributed by atoms with Crippen LogP contribution in [0.2, 0.25) is 0 Å². The first-order valence-electron chi connectivity index (χ1n) is 6.69. The molecule has 0 radical (unpaired) electrons. The monoisotopic (exact) mass is 293 g/mol. The first-order valence-corrected chi connectivity index (χ1v) is 8.45. The summed E-state index contributed by atoms with van der Waals surface area (Å²) in [5.41, 5.74) is 1.60. The van der Waals surface area contributed by atoms with E-state index in [1.165, 1.54) is 15.3 Å². The van der Waals surface area contributed by atoms with Crippen LogP contribution in [0.4, 0.5) is 0 Å². The molecule has 0 unspecified atom stereocenters. The third-order valence-corrected chi connectivity index (χ3v) is 5.60. The van der Waals surface area contributed by atoms with E-state index >= 15 is 0 Å².